The average Bonchev–Trinajstić information content (AvgIpc) is 2.98. The monoisotopic (exact) mass is 275 g/mol. The maximum Gasteiger partial charge on any atom is 0.307 e. The highest BCUT2D eigenvalue weighted by atomic mass is 19.1. The van der Waals surface area contributed by atoms with E-state index in [9.17, 15) is 19.1 Å². The van der Waals surface area contributed by atoms with Crippen LogP contribution < -0.4 is 5.32 Å². The van der Waals surface area contributed by atoms with Gasteiger partial charge in [0.1, 0.15) is 5.82 Å². The van der Waals surface area contributed by atoms with E-state index in [0.717, 1.165) is 0 Å². The van der Waals surface area contributed by atoms with E-state index in [4.69, 9.17) is 0 Å². The second-order valence-corrected chi connectivity index (χ2v) is 5.34. The van der Waals surface area contributed by atoms with E-state index in [2.05, 4.69) is 5.32 Å². The molecule has 2 aliphatic carbocycles. The number of carbonyl (C=O) groups excluding carboxylic acids is 1. The Balaban J connectivity index is 1.80. The van der Waals surface area contributed by atoms with Crippen molar-refractivity contribution in [1.29, 1.82) is 0 Å². The highest BCUT2D eigenvalue weighted by molar-refractivity contribution is 5.96. The number of carboxylic acid groups (broad SMARTS) is 1. The molecule has 1 fully saturated rings. The predicted molar refractivity (Wildman–Crippen MR) is 70.4 cm³/mol. The van der Waals surface area contributed by atoms with E-state index < -0.39 is 23.6 Å². The predicted octanol–water partition coefficient (Wildman–Crippen LogP) is 2.29. The van der Waals surface area contributed by atoms with Crippen molar-refractivity contribution in [2.24, 2.45) is 23.7 Å². The fourth-order valence-corrected chi connectivity index (χ4v) is 3.31. The molecule has 4 atom stereocenters. The van der Waals surface area contributed by atoms with Gasteiger partial charge in [-0.3, -0.25) is 9.59 Å². The number of hydrogen-bond acceptors (Lipinski definition) is 2. The second-order valence-electron chi connectivity index (χ2n) is 5.34. The van der Waals surface area contributed by atoms with Crippen LogP contribution in [0.15, 0.2) is 36.4 Å². The first-order chi connectivity index (χ1) is 9.56. The average molecular weight is 275 g/mol. The normalized spacial score (nSPS) is 30.4. The molecule has 2 bridgehead atoms. The molecule has 2 N–H and O–H groups in total. The first kappa shape index (κ1) is 12.8. The maximum atomic E-state index is 13.1. The molecule has 0 heterocycles. The van der Waals surface area contributed by atoms with Gasteiger partial charge in [0, 0.05) is 5.69 Å². The van der Waals surface area contributed by atoms with Crippen LogP contribution in [0.3, 0.4) is 0 Å². The lowest BCUT2D eigenvalue weighted by Crippen LogP contribution is -2.36. The molecular formula is C15H14FNO3. The summed E-state index contributed by atoms with van der Waals surface area (Å²) in [7, 11) is 0. The van der Waals surface area contributed by atoms with Crippen molar-refractivity contribution in [3.63, 3.8) is 0 Å². The van der Waals surface area contributed by atoms with Crippen molar-refractivity contribution in [2.45, 2.75) is 6.42 Å². The number of carbonyl (C=O) groups is 2. The number of carboxylic acids is 1. The minimum absolute atomic E-state index is 0.0327. The molecule has 0 unspecified atom stereocenters. The van der Waals surface area contributed by atoms with Crippen LogP contribution >= 0.6 is 0 Å². The molecule has 20 heavy (non-hydrogen) atoms. The number of rotatable bonds is 3. The van der Waals surface area contributed by atoms with Crippen LogP contribution in [0.25, 0.3) is 0 Å². The second kappa shape index (κ2) is 4.74. The van der Waals surface area contributed by atoms with E-state index in [1.54, 1.807) is 6.07 Å². The largest absolute Gasteiger partial charge is 0.481 e. The molecule has 0 saturated heterocycles. The van der Waals surface area contributed by atoms with Gasteiger partial charge in [-0.15, -0.1) is 0 Å². The molecule has 0 spiro atoms. The standard InChI is InChI=1S/C15H14FNO3/c16-10-2-1-3-11(7-10)17-14(18)12-8-4-5-9(6-8)13(12)15(19)20/h1-5,7-9,12-13H,6H2,(H,17,18)(H,19,20)/t8-,9+,12+,13+/m0/s1. The first-order valence-electron chi connectivity index (χ1n) is 6.54. The van der Waals surface area contributed by atoms with Crippen LogP contribution in [0.1, 0.15) is 6.42 Å². The highest BCUT2D eigenvalue weighted by Gasteiger charge is 2.51. The van der Waals surface area contributed by atoms with Crippen molar-refractivity contribution < 1.29 is 19.1 Å². The quantitative estimate of drug-likeness (QED) is 0.832. The zero-order chi connectivity index (χ0) is 14.3. The molecule has 3 rings (SSSR count). The SMILES string of the molecule is O=C(O)[C@H]1[C@H](C(=O)Nc2cccc(F)c2)[C@H]2C=C[C@@H]1C2. The topological polar surface area (TPSA) is 66.4 Å². The van der Waals surface area contributed by atoms with Gasteiger partial charge >= 0.3 is 5.97 Å². The summed E-state index contributed by atoms with van der Waals surface area (Å²) in [4.78, 5) is 23.6. The summed E-state index contributed by atoms with van der Waals surface area (Å²) < 4.78 is 13.1. The Labute approximate surface area is 115 Å². The lowest BCUT2D eigenvalue weighted by atomic mass is 9.82. The van der Waals surface area contributed by atoms with E-state index in [1.165, 1.54) is 18.2 Å². The number of amides is 1. The van der Waals surface area contributed by atoms with Gasteiger partial charge in [-0.05, 0) is 36.5 Å². The summed E-state index contributed by atoms with van der Waals surface area (Å²) in [6, 6.07) is 5.59. The minimum Gasteiger partial charge on any atom is -0.481 e. The first-order valence-corrected chi connectivity index (χ1v) is 6.54. The lowest BCUT2D eigenvalue weighted by molar-refractivity contribution is -0.146. The van der Waals surface area contributed by atoms with Gasteiger partial charge in [-0.1, -0.05) is 18.2 Å². The number of nitrogens with one attached hydrogen (secondary N) is 1. The Morgan fingerprint density at radius 3 is 2.55 bits per heavy atom. The third-order valence-electron chi connectivity index (χ3n) is 4.14. The number of halogens is 1. The summed E-state index contributed by atoms with van der Waals surface area (Å²) in [5.74, 6) is -3.09. The van der Waals surface area contributed by atoms with Gasteiger partial charge in [0.2, 0.25) is 5.91 Å². The number of aliphatic carboxylic acids is 1. The molecule has 1 aromatic carbocycles. The van der Waals surface area contributed by atoms with E-state index >= 15 is 0 Å². The third kappa shape index (κ3) is 2.09. The third-order valence-corrected chi connectivity index (χ3v) is 4.14. The Bertz CT molecular complexity index is 599. The summed E-state index contributed by atoms with van der Waals surface area (Å²) in [5.41, 5.74) is 0.353. The number of benzene rings is 1. The van der Waals surface area contributed by atoms with Crippen molar-refractivity contribution in [2.75, 3.05) is 5.32 Å². The van der Waals surface area contributed by atoms with Crippen molar-refractivity contribution in [3.8, 4) is 0 Å². The smallest absolute Gasteiger partial charge is 0.307 e. The van der Waals surface area contributed by atoms with Gasteiger partial charge in [0.15, 0.2) is 0 Å². The fraction of sp³-hybridized carbons (Fsp3) is 0.333. The Morgan fingerprint density at radius 1 is 1.20 bits per heavy atom. The Kier molecular flexibility index (Phi) is 3.04. The molecule has 104 valence electrons. The van der Waals surface area contributed by atoms with Gasteiger partial charge in [-0.2, -0.15) is 0 Å². The zero-order valence-corrected chi connectivity index (χ0v) is 10.6. The molecule has 0 radical (unpaired) electrons. The minimum atomic E-state index is -0.943. The van der Waals surface area contributed by atoms with Crippen LogP contribution in [0.2, 0.25) is 0 Å². The van der Waals surface area contributed by atoms with Crippen molar-refractivity contribution in [3.05, 3.63) is 42.2 Å². The van der Waals surface area contributed by atoms with Gasteiger partial charge in [-0.25, -0.2) is 4.39 Å². The highest BCUT2D eigenvalue weighted by Crippen LogP contribution is 2.48. The molecule has 5 heteroatoms. The molecule has 2 aliphatic rings. The summed E-state index contributed by atoms with van der Waals surface area (Å²) >= 11 is 0. The summed E-state index contributed by atoms with van der Waals surface area (Å²) in [6.45, 7) is 0. The van der Waals surface area contributed by atoms with E-state index in [-0.39, 0.29) is 17.7 Å². The van der Waals surface area contributed by atoms with Crippen LogP contribution in [0.4, 0.5) is 10.1 Å². The van der Waals surface area contributed by atoms with Gasteiger partial charge < -0.3 is 10.4 Å². The molecule has 4 nitrogen and oxygen atoms in total. The van der Waals surface area contributed by atoms with Gasteiger partial charge in [0.05, 0.1) is 11.8 Å². The number of anilines is 1. The van der Waals surface area contributed by atoms with E-state index in [0.29, 0.717) is 12.1 Å². The Morgan fingerprint density at radius 2 is 1.90 bits per heavy atom. The summed E-state index contributed by atoms with van der Waals surface area (Å²) in [6.07, 6.45) is 4.51. The molecular weight excluding hydrogens is 261 g/mol. The van der Waals surface area contributed by atoms with Crippen LogP contribution in [0.5, 0.6) is 0 Å². The van der Waals surface area contributed by atoms with Crippen LogP contribution in [0, 0.1) is 29.5 Å². The number of fused-ring (bicyclic) bond motifs is 2. The lowest BCUT2D eigenvalue weighted by Gasteiger charge is -2.23. The zero-order valence-electron chi connectivity index (χ0n) is 10.6. The van der Waals surface area contributed by atoms with Crippen molar-refractivity contribution in [1.82, 2.24) is 0 Å². The van der Waals surface area contributed by atoms with Crippen LogP contribution in [-0.4, -0.2) is 17.0 Å². The maximum absolute atomic E-state index is 13.1. The Hall–Kier alpha value is -2.17. The summed E-state index contributed by atoms with van der Waals surface area (Å²) in [5, 5.41) is 11.9. The number of hydrogen-bond donors (Lipinski definition) is 2. The van der Waals surface area contributed by atoms with Crippen LogP contribution in [-0.2, 0) is 9.59 Å². The van der Waals surface area contributed by atoms with Crippen molar-refractivity contribution >= 4 is 17.6 Å². The van der Waals surface area contributed by atoms with E-state index in [1.807, 2.05) is 12.2 Å². The fourth-order valence-electron chi connectivity index (χ4n) is 3.31. The molecule has 1 saturated carbocycles. The number of allylic oxidation sites excluding steroid dienone is 2. The molecule has 1 aromatic rings. The molecule has 0 aromatic heterocycles. The van der Waals surface area contributed by atoms with Gasteiger partial charge in [0.25, 0.3) is 0 Å². The molecule has 0 aliphatic heterocycles. The molecule has 1 amide bonds.